The van der Waals surface area contributed by atoms with Gasteiger partial charge in [0, 0.05) is 5.56 Å². The van der Waals surface area contributed by atoms with Gasteiger partial charge in [-0.2, -0.15) is 8.78 Å². The molecule has 0 saturated heterocycles. The van der Waals surface area contributed by atoms with Crippen LogP contribution < -0.4 is 0 Å². The van der Waals surface area contributed by atoms with Gasteiger partial charge in [-0.25, -0.2) is 4.79 Å². The highest BCUT2D eigenvalue weighted by Gasteiger charge is 2.42. The number of aromatic hydroxyl groups is 1. The van der Waals surface area contributed by atoms with Crippen LogP contribution in [0.2, 0.25) is 5.02 Å². The minimum Gasteiger partial charge on any atom is -0.506 e. The predicted molar refractivity (Wildman–Crippen MR) is 53.6 cm³/mol. The lowest BCUT2D eigenvalue weighted by molar-refractivity contribution is -0.173. The second-order valence-electron chi connectivity index (χ2n) is 2.96. The summed E-state index contributed by atoms with van der Waals surface area (Å²) < 4.78 is 31.1. The first-order valence-corrected chi connectivity index (χ1v) is 4.81. The fraction of sp³-hybridized carbons (Fsp3) is 0.300. The summed E-state index contributed by atoms with van der Waals surface area (Å²) in [6.45, 7) is 1.29. The molecule has 0 saturated carbocycles. The molecule has 0 atom stereocenters. The van der Waals surface area contributed by atoms with E-state index in [0.717, 1.165) is 18.2 Å². The van der Waals surface area contributed by atoms with Crippen molar-refractivity contribution in [2.45, 2.75) is 12.8 Å². The molecule has 0 unspecified atom stereocenters. The number of carbonyl (C=O) groups excluding carboxylic acids is 1. The molecule has 16 heavy (non-hydrogen) atoms. The van der Waals surface area contributed by atoms with Crippen LogP contribution in [0.15, 0.2) is 18.2 Å². The van der Waals surface area contributed by atoms with Crippen LogP contribution in [-0.2, 0) is 15.5 Å². The summed E-state index contributed by atoms with van der Waals surface area (Å²) in [7, 11) is 0. The molecule has 1 rings (SSSR count). The summed E-state index contributed by atoms with van der Waals surface area (Å²) >= 11 is 5.47. The van der Waals surface area contributed by atoms with Crippen molar-refractivity contribution in [2.75, 3.05) is 6.61 Å². The number of halogens is 3. The molecule has 0 aliphatic heterocycles. The third kappa shape index (κ3) is 2.41. The van der Waals surface area contributed by atoms with Crippen LogP contribution in [0.3, 0.4) is 0 Å². The van der Waals surface area contributed by atoms with Crippen molar-refractivity contribution >= 4 is 17.6 Å². The molecule has 0 aromatic heterocycles. The number of esters is 1. The zero-order valence-corrected chi connectivity index (χ0v) is 9.09. The van der Waals surface area contributed by atoms with E-state index in [1.807, 2.05) is 0 Å². The minimum atomic E-state index is -3.77. The number of phenolic OH excluding ortho intramolecular Hbond substituents is 1. The molecule has 1 N–H and O–H groups in total. The molecular weight excluding hydrogens is 242 g/mol. The van der Waals surface area contributed by atoms with Crippen molar-refractivity contribution in [3.05, 3.63) is 28.8 Å². The molecule has 0 spiro atoms. The lowest BCUT2D eigenvalue weighted by Gasteiger charge is -2.15. The Morgan fingerprint density at radius 1 is 1.56 bits per heavy atom. The standard InChI is InChI=1S/C10H9ClF2O3/c1-2-16-9(15)10(12,13)6-3-4-8(14)7(11)5-6/h3-5,14H,2H2,1H3. The van der Waals surface area contributed by atoms with E-state index in [1.54, 1.807) is 0 Å². The van der Waals surface area contributed by atoms with Crippen LogP contribution in [0.25, 0.3) is 0 Å². The van der Waals surface area contributed by atoms with E-state index in [-0.39, 0.29) is 17.4 Å². The first-order chi connectivity index (χ1) is 7.39. The second-order valence-corrected chi connectivity index (χ2v) is 3.37. The zero-order valence-electron chi connectivity index (χ0n) is 8.34. The molecular formula is C10H9ClF2O3. The Labute approximate surface area is 95.6 Å². The van der Waals surface area contributed by atoms with Crippen molar-refractivity contribution in [2.24, 2.45) is 0 Å². The fourth-order valence-corrected chi connectivity index (χ4v) is 1.22. The molecule has 1 aromatic rings. The molecule has 0 aliphatic rings. The largest absolute Gasteiger partial charge is 0.506 e. The highest BCUT2D eigenvalue weighted by atomic mass is 35.5. The van der Waals surface area contributed by atoms with Gasteiger partial charge in [-0.15, -0.1) is 0 Å². The number of phenols is 1. The van der Waals surface area contributed by atoms with Crippen molar-refractivity contribution in [1.29, 1.82) is 0 Å². The molecule has 3 nitrogen and oxygen atoms in total. The average Bonchev–Trinajstić information content (AvgIpc) is 2.22. The number of hydrogen-bond acceptors (Lipinski definition) is 3. The summed E-state index contributed by atoms with van der Waals surface area (Å²) in [5, 5.41) is 8.81. The van der Waals surface area contributed by atoms with E-state index in [4.69, 9.17) is 16.7 Å². The number of rotatable bonds is 3. The highest BCUT2D eigenvalue weighted by molar-refractivity contribution is 6.32. The van der Waals surface area contributed by atoms with Gasteiger partial charge in [0.05, 0.1) is 11.6 Å². The summed E-state index contributed by atoms with van der Waals surface area (Å²) in [6, 6.07) is 2.73. The highest BCUT2D eigenvalue weighted by Crippen LogP contribution is 2.34. The molecule has 0 bridgehead atoms. The maximum absolute atomic E-state index is 13.4. The first-order valence-electron chi connectivity index (χ1n) is 4.43. The van der Waals surface area contributed by atoms with Gasteiger partial charge in [0.15, 0.2) is 0 Å². The zero-order chi connectivity index (χ0) is 12.3. The summed E-state index contributed by atoms with van der Waals surface area (Å²) in [6.07, 6.45) is 0. The Hall–Kier alpha value is -1.36. The van der Waals surface area contributed by atoms with Crippen LogP contribution >= 0.6 is 11.6 Å². The molecule has 0 amide bonds. The van der Waals surface area contributed by atoms with Gasteiger partial charge in [0.1, 0.15) is 5.75 Å². The maximum Gasteiger partial charge on any atom is 0.381 e. The van der Waals surface area contributed by atoms with Gasteiger partial charge in [-0.1, -0.05) is 11.6 Å². The van der Waals surface area contributed by atoms with Gasteiger partial charge < -0.3 is 9.84 Å². The Bertz CT molecular complexity index is 407. The van der Waals surface area contributed by atoms with Gasteiger partial charge in [0.25, 0.3) is 0 Å². The smallest absolute Gasteiger partial charge is 0.381 e. The Balaban J connectivity index is 3.06. The van der Waals surface area contributed by atoms with E-state index >= 15 is 0 Å². The number of benzene rings is 1. The van der Waals surface area contributed by atoms with Crippen molar-refractivity contribution in [3.8, 4) is 5.75 Å². The molecule has 0 radical (unpaired) electrons. The molecule has 0 heterocycles. The molecule has 0 fully saturated rings. The molecule has 88 valence electrons. The van der Waals surface area contributed by atoms with Gasteiger partial charge in [-0.05, 0) is 25.1 Å². The summed E-state index contributed by atoms with van der Waals surface area (Å²) in [4.78, 5) is 11.0. The maximum atomic E-state index is 13.4. The Morgan fingerprint density at radius 3 is 2.69 bits per heavy atom. The number of carbonyl (C=O) groups is 1. The van der Waals surface area contributed by atoms with E-state index in [9.17, 15) is 13.6 Å². The van der Waals surface area contributed by atoms with Crippen molar-refractivity contribution < 1.29 is 23.4 Å². The number of hydrogen-bond donors (Lipinski definition) is 1. The van der Waals surface area contributed by atoms with E-state index in [1.165, 1.54) is 6.92 Å². The summed E-state index contributed by atoms with van der Waals surface area (Å²) in [5.74, 6) is -5.74. The molecule has 1 aromatic carbocycles. The van der Waals surface area contributed by atoms with Crippen LogP contribution in [0, 0.1) is 0 Å². The van der Waals surface area contributed by atoms with Crippen LogP contribution in [0.4, 0.5) is 8.78 Å². The Morgan fingerprint density at radius 2 is 2.19 bits per heavy atom. The normalized spacial score (nSPS) is 11.2. The topological polar surface area (TPSA) is 46.5 Å². The third-order valence-corrected chi connectivity index (χ3v) is 2.14. The van der Waals surface area contributed by atoms with Crippen molar-refractivity contribution in [3.63, 3.8) is 0 Å². The minimum absolute atomic E-state index is 0.139. The Kier molecular flexibility index (Phi) is 3.70. The van der Waals surface area contributed by atoms with Crippen LogP contribution in [0.1, 0.15) is 12.5 Å². The average molecular weight is 251 g/mol. The van der Waals surface area contributed by atoms with Crippen molar-refractivity contribution in [1.82, 2.24) is 0 Å². The number of ether oxygens (including phenoxy) is 1. The predicted octanol–water partition coefficient (Wildman–Crippen LogP) is 2.70. The summed E-state index contributed by atoms with van der Waals surface area (Å²) in [5.41, 5.74) is -0.617. The monoisotopic (exact) mass is 250 g/mol. The fourth-order valence-electron chi connectivity index (χ4n) is 1.04. The first kappa shape index (κ1) is 12.7. The van der Waals surface area contributed by atoms with E-state index in [2.05, 4.69) is 4.74 Å². The van der Waals surface area contributed by atoms with E-state index in [0.29, 0.717) is 0 Å². The van der Waals surface area contributed by atoms with Crippen LogP contribution in [-0.4, -0.2) is 17.7 Å². The van der Waals surface area contributed by atoms with Gasteiger partial charge in [0.2, 0.25) is 0 Å². The van der Waals surface area contributed by atoms with E-state index < -0.39 is 17.5 Å². The lowest BCUT2D eigenvalue weighted by atomic mass is 10.1. The van der Waals surface area contributed by atoms with Gasteiger partial charge >= 0.3 is 11.9 Å². The molecule has 0 aliphatic carbocycles. The SMILES string of the molecule is CCOC(=O)C(F)(F)c1ccc(O)c(Cl)c1. The van der Waals surface area contributed by atoms with Gasteiger partial charge in [-0.3, -0.25) is 0 Å². The number of alkyl halides is 2. The molecule has 6 heteroatoms. The third-order valence-electron chi connectivity index (χ3n) is 1.84. The second kappa shape index (κ2) is 4.65. The quantitative estimate of drug-likeness (QED) is 0.839. The lowest BCUT2D eigenvalue weighted by Crippen LogP contribution is -2.28. The van der Waals surface area contributed by atoms with Crippen LogP contribution in [0.5, 0.6) is 5.75 Å².